The van der Waals surface area contributed by atoms with Crippen LogP contribution in [0.1, 0.15) is 40.8 Å². The summed E-state index contributed by atoms with van der Waals surface area (Å²) < 4.78 is 52.2. The van der Waals surface area contributed by atoms with E-state index >= 15 is 0 Å². The first-order valence-corrected chi connectivity index (χ1v) is 14.4. The fourth-order valence-corrected chi connectivity index (χ4v) is 6.77. The van der Waals surface area contributed by atoms with Gasteiger partial charge in [-0.25, -0.2) is 13.8 Å². The Morgan fingerprint density at radius 3 is 2.46 bits per heavy atom. The molecule has 6 atom stereocenters. The number of para-hydroxylation sites is 1. The number of aliphatic hydroxyl groups is 1. The Morgan fingerprint density at radius 1 is 1.26 bits per heavy atom. The molecule has 14 heteroatoms. The summed E-state index contributed by atoms with van der Waals surface area (Å²) in [4.78, 5) is 36.3. The van der Waals surface area contributed by atoms with Gasteiger partial charge >= 0.3 is 19.3 Å². The first-order valence-electron chi connectivity index (χ1n) is 12.3. The first kappa shape index (κ1) is 31.0. The van der Waals surface area contributed by atoms with Gasteiger partial charge in [0.05, 0.1) is 18.2 Å². The highest BCUT2D eigenvalue weighted by molar-refractivity contribution is 7.54. The number of rotatable bonds is 11. The molecule has 1 aliphatic rings. The summed E-state index contributed by atoms with van der Waals surface area (Å²) in [6, 6.07) is 9.14. The lowest BCUT2D eigenvalue weighted by molar-refractivity contribution is -0.151. The third kappa shape index (κ3) is 6.99. The van der Waals surface area contributed by atoms with Gasteiger partial charge in [0.15, 0.2) is 6.23 Å². The second-order valence-electron chi connectivity index (χ2n) is 10.2. The van der Waals surface area contributed by atoms with E-state index in [9.17, 15) is 28.4 Å². The van der Waals surface area contributed by atoms with Crippen LogP contribution >= 0.6 is 19.2 Å². The number of aliphatic hydroxyl groups excluding tert-OH is 1. The van der Waals surface area contributed by atoms with E-state index in [0.717, 1.165) is 16.8 Å². The van der Waals surface area contributed by atoms with E-state index in [2.05, 4.69) is 0 Å². The number of H-pyrrole nitrogens is 1. The Hall–Kier alpha value is -2.50. The fraction of sp³-hybridized carbons (Fsp3) is 0.560. The molecule has 0 bridgehead atoms. The van der Waals surface area contributed by atoms with Crippen LogP contribution in [0.5, 0.6) is 5.75 Å². The smallest absolute Gasteiger partial charge is 0.380 e. The Labute approximate surface area is 229 Å². The topological polar surface area (TPSA) is 146 Å². The van der Waals surface area contributed by atoms with E-state index in [-0.39, 0.29) is 5.75 Å². The van der Waals surface area contributed by atoms with Crippen molar-refractivity contribution >= 4 is 25.2 Å². The molecule has 1 fully saturated rings. The molecule has 1 aromatic heterocycles. The minimum absolute atomic E-state index is 0.196. The van der Waals surface area contributed by atoms with Crippen LogP contribution in [0.4, 0.5) is 4.39 Å². The van der Waals surface area contributed by atoms with Gasteiger partial charge in [0.25, 0.3) is 5.56 Å². The molecular formula is C25H33ClFN2O9P. The summed E-state index contributed by atoms with van der Waals surface area (Å²) in [5.74, 6) is -1.32. The maximum atomic E-state index is 14.3. The molecule has 39 heavy (non-hydrogen) atoms. The van der Waals surface area contributed by atoms with Crippen LogP contribution in [0.15, 0.2) is 52.2 Å². The Kier molecular flexibility index (Phi) is 9.50. The average molecular weight is 591 g/mol. The highest BCUT2D eigenvalue weighted by Gasteiger charge is 2.62. The predicted molar refractivity (Wildman–Crippen MR) is 141 cm³/mol. The number of nitrogens with one attached hydrogen (secondary N) is 1. The summed E-state index contributed by atoms with van der Waals surface area (Å²) in [5.41, 5.74) is -3.30. The van der Waals surface area contributed by atoms with E-state index in [1.807, 2.05) is 4.98 Å². The highest BCUT2D eigenvalue weighted by Crippen LogP contribution is 2.56. The van der Waals surface area contributed by atoms with Crippen LogP contribution in [0.25, 0.3) is 0 Å². The van der Waals surface area contributed by atoms with Crippen molar-refractivity contribution in [2.75, 3.05) is 12.8 Å². The number of nitrogens with zero attached hydrogens (tertiary/aromatic N) is 1. The van der Waals surface area contributed by atoms with Crippen molar-refractivity contribution in [3.8, 4) is 5.75 Å². The number of carbonyl (C=O) groups excluding carboxylic acids is 1. The number of ether oxygens (including phenoxy) is 2. The standard InChI is InChI=1S/C25H33ClFN2O9P/c1-15(2)35-21(32)16(3)13-39(34,37-17-9-7-6-8-10-17)38-24(4,5)20-19(31)25(26,14-27)22(36-20)29-12-11-18(30)28-23(29)33/h6-12,15-16,19-20,22,31H,13-14H2,1-5H3,(H,28,30,33)/t16-,19+,20+,22-,25?,39?/m1/s1. The molecule has 11 nitrogen and oxygen atoms in total. The molecule has 2 unspecified atom stereocenters. The Morgan fingerprint density at radius 2 is 1.90 bits per heavy atom. The summed E-state index contributed by atoms with van der Waals surface area (Å²) >= 11 is 6.48. The maximum absolute atomic E-state index is 14.3. The molecule has 216 valence electrons. The fourth-order valence-electron chi connectivity index (χ4n) is 4.23. The Balaban J connectivity index is 1.96. The van der Waals surface area contributed by atoms with Crippen molar-refractivity contribution < 1.29 is 37.4 Å². The number of aromatic nitrogens is 2. The number of esters is 1. The molecule has 2 aromatic rings. The van der Waals surface area contributed by atoms with Crippen molar-refractivity contribution in [3.05, 3.63) is 63.4 Å². The van der Waals surface area contributed by atoms with Gasteiger partial charge in [-0.05, 0) is 39.8 Å². The second kappa shape index (κ2) is 11.9. The van der Waals surface area contributed by atoms with Gasteiger partial charge in [-0.2, -0.15) is 0 Å². The lowest BCUT2D eigenvalue weighted by Gasteiger charge is -2.36. The Bertz CT molecular complexity index is 1320. The molecule has 2 N–H and O–H groups in total. The summed E-state index contributed by atoms with van der Waals surface area (Å²) in [5, 5.41) is 11.1. The van der Waals surface area contributed by atoms with Crippen molar-refractivity contribution in [1.29, 1.82) is 0 Å². The molecule has 0 radical (unpaired) electrons. The molecule has 1 saturated heterocycles. The van der Waals surface area contributed by atoms with Gasteiger partial charge in [0.2, 0.25) is 0 Å². The van der Waals surface area contributed by atoms with Gasteiger partial charge in [-0.15, -0.1) is 11.6 Å². The lowest BCUT2D eigenvalue weighted by Crippen LogP contribution is -2.51. The van der Waals surface area contributed by atoms with Crippen LogP contribution < -0.4 is 15.8 Å². The van der Waals surface area contributed by atoms with Crippen LogP contribution in [0.2, 0.25) is 0 Å². The molecule has 0 aliphatic carbocycles. The lowest BCUT2D eigenvalue weighted by atomic mass is 9.91. The minimum Gasteiger partial charge on any atom is -0.463 e. The van der Waals surface area contributed by atoms with E-state index in [0.29, 0.717) is 0 Å². The molecule has 1 aliphatic heterocycles. The van der Waals surface area contributed by atoms with Crippen LogP contribution in [0, 0.1) is 5.92 Å². The zero-order valence-electron chi connectivity index (χ0n) is 22.2. The van der Waals surface area contributed by atoms with Crippen molar-refractivity contribution in [1.82, 2.24) is 9.55 Å². The maximum Gasteiger partial charge on any atom is 0.380 e. The third-order valence-corrected chi connectivity index (χ3v) is 8.82. The number of alkyl halides is 2. The predicted octanol–water partition coefficient (Wildman–Crippen LogP) is 3.40. The van der Waals surface area contributed by atoms with Crippen molar-refractivity contribution in [2.24, 2.45) is 5.92 Å². The first-order chi connectivity index (χ1) is 18.1. The van der Waals surface area contributed by atoms with Gasteiger partial charge in [-0.1, -0.05) is 25.1 Å². The van der Waals surface area contributed by atoms with E-state index in [4.69, 9.17) is 30.1 Å². The molecule has 1 aromatic carbocycles. The van der Waals surface area contributed by atoms with Gasteiger partial charge in [0, 0.05) is 12.3 Å². The molecule has 3 rings (SSSR count). The van der Waals surface area contributed by atoms with Crippen LogP contribution in [-0.2, 0) is 23.4 Å². The molecular weight excluding hydrogens is 558 g/mol. The summed E-state index contributed by atoms with van der Waals surface area (Å²) in [6.45, 7) is 6.38. The second-order valence-corrected chi connectivity index (χ2v) is 12.9. The number of hydrogen-bond acceptors (Lipinski definition) is 9. The molecule has 2 heterocycles. The summed E-state index contributed by atoms with van der Waals surface area (Å²) in [6.07, 6.45) is -4.49. The van der Waals surface area contributed by atoms with E-state index < -0.39 is 78.6 Å². The van der Waals surface area contributed by atoms with E-state index in [1.54, 1.807) is 44.2 Å². The molecule has 0 saturated carbocycles. The zero-order valence-corrected chi connectivity index (χ0v) is 23.9. The molecule has 0 amide bonds. The SMILES string of the molecule is CC(C)OC(=O)[C@H](C)CP(=O)(Oc1ccccc1)OC(C)(C)[C@H]1O[C@@H](n2ccc(=O)[nH]c2=O)C(Cl)(CF)[C@H]1O. The minimum atomic E-state index is -4.20. The molecule has 0 spiro atoms. The monoisotopic (exact) mass is 590 g/mol. The van der Waals surface area contributed by atoms with Crippen LogP contribution in [-0.4, -0.2) is 62.3 Å². The van der Waals surface area contributed by atoms with Gasteiger partial charge in [-0.3, -0.25) is 23.7 Å². The number of carbonyl (C=O) groups is 1. The number of halogens is 2. The number of hydrogen-bond donors (Lipinski definition) is 2. The normalized spacial score (nSPS) is 25.7. The zero-order chi connectivity index (χ0) is 29.2. The highest BCUT2D eigenvalue weighted by atomic mass is 35.5. The van der Waals surface area contributed by atoms with Gasteiger partial charge in [0.1, 0.15) is 35.1 Å². The van der Waals surface area contributed by atoms with Gasteiger partial charge < -0.3 is 19.1 Å². The van der Waals surface area contributed by atoms with Crippen molar-refractivity contribution in [3.63, 3.8) is 0 Å². The average Bonchev–Trinajstić information content (AvgIpc) is 3.10. The third-order valence-electron chi connectivity index (χ3n) is 6.07. The quantitative estimate of drug-likeness (QED) is 0.228. The number of aromatic amines is 1. The largest absolute Gasteiger partial charge is 0.463 e. The van der Waals surface area contributed by atoms with Crippen molar-refractivity contribution in [2.45, 2.75) is 69.6 Å². The van der Waals surface area contributed by atoms with E-state index in [1.165, 1.54) is 20.8 Å². The summed E-state index contributed by atoms with van der Waals surface area (Å²) in [7, 11) is -4.20. The number of benzene rings is 1. The van der Waals surface area contributed by atoms with Crippen LogP contribution in [0.3, 0.4) is 0 Å².